The van der Waals surface area contributed by atoms with Crippen molar-refractivity contribution in [2.75, 3.05) is 32.9 Å². The first kappa shape index (κ1) is 21.4. The molecule has 1 fully saturated rings. The summed E-state index contributed by atoms with van der Waals surface area (Å²) in [6.07, 6.45) is 2.60. The SMILES string of the molecule is CN(C)C(=O)CSc1ccccc1C(=O)NCc1ccc(CN2CCCC2)cc1. The van der Waals surface area contributed by atoms with E-state index in [0.29, 0.717) is 17.9 Å². The largest absolute Gasteiger partial charge is 0.348 e. The molecule has 2 aromatic rings. The van der Waals surface area contributed by atoms with Gasteiger partial charge in [0.05, 0.1) is 11.3 Å². The van der Waals surface area contributed by atoms with Gasteiger partial charge in [-0.1, -0.05) is 36.4 Å². The van der Waals surface area contributed by atoms with Crippen LogP contribution < -0.4 is 5.32 Å². The van der Waals surface area contributed by atoms with Crippen LogP contribution in [0, 0.1) is 0 Å². The summed E-state index contributed by atoms with van der Waals surface area (Å²) < 4.78 is 0. The lowest BCUT2D eigenvalue weighted by Crippen LogP contribution is -2.25. The molecule has 0 saturated carbocycles. The Kier molecular flexibility index (Phi) is 7.72. The molecule has 0 aromatic heterocycles. The van der Waals surface area contributed by atoms with Crippen LogP contribution >= 0.6 is 11.8 Å². The molecule has 1 heterocycles. The second-order valence-corrected chi connectivity index (χ2v) is 8.57. The molecule has 1 N–H and O–H groups in total. The van der Waals surface area contributed by atoms with Gasteiger partial charge in [0.1, 0.15) is 0 Å². The highest BCUT2D eigenvalue weighted by molar-refractivity contribution is 8.00. The highest BCUT2D eigenvalue weighted by atomic mass is 32.2. The number of nitrogens with one attached hydrogen (secondary N) is 1. The van der Waals surface area contributed by atoms with Crippen LogP contribution in [0.5, 0.6) is 0 Å². The van der Waals surface area contributed by atoms with Crippen LogP contribution in [0.2, 0.25) is 0 Å². The number of rotatable bonds is 8. The molecule has 2 aromatic carbocycles. The number of thioether (sulfide) groups is 1. The molecule has 0 aliphatic carbocycles. The predicted molar refractivity (Wildman–Crippen MR) is 118 cm³/mol. The molecule has 29 heavy (non-hydrogen) atoms. The number of nitrogens with zero attached hydrogens (tertiary/aromatic N) is 2. The fourth-order valence-electron chi connectivity index (χ4n) is 3.29. The zero-order valence-corrected chi connectivity index (χ0v) is 18.0. The molecule has 1 aliphatic heterocycles. The van der Waals surface area contributed by atoms with Crippen LogP contribution in [0.1, 0.15) is 34.3 Å². The summed E-state index contributed by atoms with van der Waals surface area (Å²) in [5.74, 6) is 0.223. The van der Waals surface area contributed by atoms with Gasteiger partial charge >= 0.3 is 0 Å². The summed E-state index contributed by atoms with van der Waals surface area (Å²) in [5, 5.41) is 3.00. The van der Waals surface area contributed by atoms with Crippen molar-refractivity contribution >= 4 is 23.6 Å². The van der Waals surface area contributed by atoms with Crippen molar-refractivity contribution in [2.45, 2.75) is 30.8 Å². The summed E-state index contributed by atoms with van der Waals surface area (Å²) in [5.41, 5.74) is 3.00. The van der Waals surface area contributed by atoms with E-state index in [1.807, 2.05) is 18.2 Å². The van der Waals surface area contributed by atoms with Gasteiger partial charge in [-0.3, -0.25) is 14.5 Å². The van der Waals surface area contributed by atoms with E-state index in [9.17, 15) is 9.59 Å². The standard InChI is InChI=1S/C23H29N3O2S/c1-25(2)22(27)17-29-21-8-4-3-7-20(21)23(28)24-15-18-9-11-19(12-10-18)16-26-13-5-6-14-26/h3-4,7-12H,5-6,13-17H2,1-2H3,(H,24,28). The quantitative estimate of drug-likeness (QED) is 0.677. The molecule has 0 atom stereocenters. The maximum Gasteiger partial charge on any atom is 0.252 e. The van der Waals surface area contributed by atoms with Gasteiger partial charge in [0.25, 0.3) is 5.91 Å². The summed E-state index contributed by atoms with van der Waals surface area (Å²) in [7, 11) is 3.47. The molecule has 0 spiro atoms. The fourth-order valence-corrected chi connectivity index (χ4v) is 4.32. The third-order valence-electron chi connectivity index (χ3n) is 5.06. The van der Waals surface area contributed by atoms with Gasteiger partial charge in [-0.25, -0.2) is 0 Å². The predicted octanol–water partition coefficient (Wildman–Crippen LogP) is 3.39. The number of benzene rings is 2. The molecule has 2 amide bonds. The number of carbonyl (C=O) groups is 2. The average molecular weight is 412 g/mol. The first-order chi connectivity index (χ1) is 14.0. The van der Waals surface area contributed by atoms with E-state index < -0.39 is 0 Å². The number of amides is 2. The molecule has 0 unspecified atom stereocenters. The van der Waals surface area contributed by atoms with Crippen LogP contribution in [-0.2, 0) is 17.9 Å². The topological polar surface area (TPSA) is 52.7 Å². The number of hydrogen-bond donors (Lipinski definition) is 1. The fraction of sp³-hybridized carbons (Fsp3) is 0.391. The van der Waals surface area contributed by atoms with Crippen molar-refractivity contribution in [3.63, 3.8) is 0 Å². The summed E-state index contributed by atoms with van der Waals surface area (Å²) in [4.78, 5) is 29.4. The van der Waals surface area contributed by atoms with Gasteiger partial charge in [-0.15, -0.1) is 11.8 Å². The molecule has 5 nitrogen and oxygen atoms in total. The molecular weight excluding hydrogens is 382 g/mol. The molecule has 1 aliphatic rings. The maximum atomic E-state index is 12.7. The Balaban J connectivity index is 1.54. The minimum Gasteiger partial charge on any atom is -0.348 e. The van der Waals surface area contributed by atoms with Gasteiger partial charge in [-0.2, -0.15) is 0 Å². The molecule has 6 heteroatoms. The lowest BCUT2D eigenvalue weighted by atomic mass is 10.1. The van der Waals surface area contributed by atoms with E-state index >= 15 is 0 Å². The van der Waals surface area contributed by atoms with Gasteiger partial charge in [0.15, 0.2) is 0 Å². The zero-order valence-electron chi connectivity index (χ0n) is 17.2. The first-order valence-corrected chi connectivity index (χ1v) is 11.0. The smallest absolute Gasteiger partial charge is 0.252 e. The van der Waals surface area contributed by atoms with Crippen molar-refractivity contribution in [3.8, 4) is 0 Å². The lowest BCUT2D eigenvalue weighted by molar-refractivity contribution is -0.125. The molecule has 3 rings (SSSR count). The maximum absolute atomic E-state index is 12.7. The van der Waals surface area contributed by atoms with Gasteiger partial charge in [-0.05, 0) is 49.2 Å². The molecule has 0 bridgehead atoms. The van der Waals surface area contributed by atoms with Crippen molar-refractivity contribution in [2.24, 2.45) is 0 Å². The average Bonchev–Trinajstić information content (AvgIpc) is 3.24. The number of likely N-dealkylation sites (tertiary alicyclic amines) is 1. The molecular formula is C23H29N3O2S. The van der Waals surface area contributed by atoms with Crippen molar-refractivity contribution in [1.82, 2.24) is 15.1 Å². The van der Waals surface area contributed by atoms with Crippen molar-refractivity contribution in [1.29, 1.82) is 0 Å². The van der Waals surface area contributed by atoms with Crippen LogP contribution in [0.15, 0.2) is 53.4 Å². The number of carbonyl (C=O) groups excluding carboxylic acids is 2. The minimum atomic E-state index is -0.119. The Morgan fingerprint density at radius 2 is 1.66 bits per heavy atom. The van der Waals surface area contributed by atoms with E-state index in [1.54, 1.807) is 25.1 Å². The van der Waals surface area contributed by atoms with Crippen molar-refractivity contribution < 1.29 is 9.59 Å². The monoisotopic (exact) mass is 411 g/mol. The van der Waals surface area contributed by atoms with Crippen molar-refractivity contribution in [3.05, 3.63) is 65.2 Å². The summed E-state index contributed by atoms with van der Waals surface area (Å²) in [6.45, 7) is 3.87. The third kappa shape index (κ3) is 6.34. The summed E-state index contributed by atoms with van der Waals surface area (Å²) in [6, 6.07) is 15.9. The van der Waals surface area contributed by atoms with E-state index in [-0.39, 0.29) is 11.8 Å². The van der Waals surface area contributed by atoms with E-state index in [0.717, 1.165) is 17.0 Å². The highest BCUT2D eigenvalue weighted by Gasteiger charge is 2.14. The Morgan fingerprint density at radius 3 is 2.34 bits per heavy atom. The van der Waals surface area contributed by atoms with Gasteiger partial charge in [0.2, 0.25) is 5.91 Å². The second kappa shape index (κ2) is 10.5. The van der Waals surface area contributed by atoms with Gasteiger partial charge < -0.3 is 10.2 Å². The van der Waals surface area contributed by atoms with E-state index in [1.165, 1.54) is 43.3 Å². The highest BCUT2D eigenvalue weighted by Crippen LogP contribution is 2.23. The molecule has 154 valence electrons. The normalized spacial score (nSPS) is 14.0. The van der Waals surface area contributed by atoms with Crippen LogP contribution in [0.25, 0.3) is 0 Å². The Bertz CT molecular complexity index is 830. The zero-order chi connectivity index (χ0) is 20.6. The van der Waals surface area contributed by atoms with E-state index in [2.05, 4.69) is 34.5 Å². The second-order valence-electron chi connectivity index (χ2n) is 7.56. The lowest BCUT2D eigenvalue weighted by Gasteiger charge is -2.15. The Hall–Kier alpha value is -2.31. The minimum absolute atomic E-state index is 0.0271. The first-order valence-electron chi connectivity index (χ1n) is 10.0. The Morgan fingerprint density at radius 1 is 1.00 bits per heavy atom. The molecule has 1 saturated heterocycles. The number of hydrogen-bond acceptors (Lipinski definition) is 4. The van der Waals surface area contributed by atoms with Crippen LogP contribution in [-0.4, -0.2) is 54.6 Å². The summed E-state index contributed by atoms with van der Waals surface area (Å²) >= 11 is 1.39. The van der Waals surface area contributed by atoms with Gasteiger partial charge in [0, 0.05) is 32.1 Å². The van der Waals surface area contributed by atoms with E-state index in [4.69, 9.17) is 0 Å². The molecule has 0 radical (unpaired) electrons. The third-order valence-corrected chi connectivity index (χ3v) is 6.12. The van der Waals surface area contributed by atoms with Crippen LogP contribution in [0.4, 0.5) is 0 Å². The Labute approximate surface area is 177 Å². The van der Waals surface area contributed by atoms with Crippen LogP contribution in [0.3, 0.4) is 0 Å².